The van der Waals surface area contributed by atoms with Crippen LogP contribution in [0.5, 0.6) is 11.5 Å². The number of hydrogen-bond acceptors (Lipinski definition) is 7. The normalized spacial score (nSPS) is 25.9. The third-order valence-corrected chi connectivity index (χ3v) is 5.74. The third-order valence-electron chi connectivity index (χ3n) is 5.74. The summed E-state index contributed by atoms with van der Waals surface area (Å²) in [6, 6.07) is 8.10. The SMILES string of the molecule is C[C@@H]1CN(Cc2cccc3c2OCO3)C[C@H]1NC(O)c1cc(C2CC2)on1. The molecule has 2 fully saturated rings. The van der Waals surface area contributed by atoms with Gasteiger partial charge >= 0.3 is 0 Å². The number of aromatic nitrogens is 1. The lowest BCUT2D eigenvalue weighted by molar-refractivity contribution is 0.109. The molecule has 0 amide bonds. The Hall–Kier alpha value is -2.09. The van der Waals surface area contributed by atoms with Crippen LogP contribution >= 0.6 is 0 Å². The fourth-order valence-electron chi connectivity index (χ4n) is 4.05. The van der Waals surface area contributed by atoms with Crippen LogP contribution in [0.4, 0.5) is 0 Å². The number of likely N-dealkylation sites (tertiary alicyclic amines) is 1. The first-order valence-electron chi connectivity index (χ1n) is 9.68. The van der Waals surface area contributed by atoms with Gasteiger partial charge in [0.15, 0.2) is 17.7 Å². The Kier molecular flexibility index (Phi) is 4.30. The summed E-state index contributed by atoms with van der Waals surface area (Å²) in [6.07, 6.45) is 1.52. The fourth-order valence-corrected chi connectivity index (χ4v) is 4.05. The maximum atomic E-state index is 10.5. The molecule has 1 aliphatic carbocycles. The number of benzene rings is 1. The molecule has 5 rings (SSSR count). The van der Waals surface area contributed by atoms with Crippen LogP contribution in [0.15, 0.2) is 28.8 Å². The van der Waals surface area contributed by atoms with E-state index in [2.05, 4.69) is 28.4 Å². The number of nitrogens with one attached hydrogen (secondary N) is 1. The molecule has 1 saturated carbocycles. The van der Waals surface area contributed by atoms with Crippen LogP contribution in [0, 0.1) is 5.92 Å². The largest absolute Gasteiger partial charge is 0.454 e. The average Bonchev–Trinajstić information content (AvgIpc) is 3.07. The number of fused-ring (bicyclic) bond motifs is 1. The second-order valence-electron chi connectivity index (χ2n) is 7.93. The lowest BCUT2D eigenvalue weighted by atomic mass is 10.1. The monoisotopic (exact) mass is 371 g/mol. The van der Waals surface area contributed by atoms with Crippen molar-refractivity contribution in [1.82, 2.24) is 15.4 Å². The summed E-state index contributed by atoms with van der Waals surface area (Å²) < 4.78 is 16.4. The van der Waals surface area contributed by atoms with Crippen LogP contribution in [0.2, 0.25) is 0 Å². The van der Waals surface area contributed by atoms with Crippen LogP contribution < -0.4 is 14.8 Å². The van der Waals surface area contributed by atoms with Crippen LogP contribution in [-0.4, -0.2) is 41.1 Å². The Bertz CT molecular complexity index is 819. The molecule has 1 unspecified atom stereocenters. The van der Waals surface area contributed by atoms with Crippen molar-refractivity contribution in [3.05, 3.63) is 41.3 Å². The van der Waals surface area contributed by atoms with E-state index in [9.17, 15) is 5.11 Å². The van der Waals surface area contributed by atoms with E-state index in [4.69, 9.17) is 14.0 Å². The lowest BCUT2D eigenvalue weighted by Crippen LogP contribution is -2.38. The summed E-state index contributed by atoms with van der Waals surface area (Å²) in [6.45, 7) is 5.12. The standard InChI is InChI=1S/C20H25N3O4/c1-12-8-23(9-14-3-2-4-17-19(14)26-11-25-17)10-16(12)21-20(24)15-7-18(27-22-15)13-5-6-13/h2-4,7,12-13,16,20-21,24H,5-6,8-11H2,1H3/t12-,16-,20?/m1/s1. The fraction of sp³-hybridized carbons (Fsp3) is 0.550. The van der Waals surface area contributed by atoms with E-state index in [1.54, 1.807) is 0 Å². The van der Waals surface area contributed by atoms with Crippen LogP contribution in [0.25, 0.3) is 0 Å². The van der Waals surface area contributed by atoms with Gasteiger partial charge in [0.25, 0.3) is 0 Å². The summed E-state index contributed by atoms with van der Waals surface area (Å²) in [4.78, 5) is 2.38. The zero-order valence-electron chi connectivity index (χ0n) is 15.4. The van der Waals surface area contributed by atoms with Crippen LogP contribution in [-0.2, 0) is 6.54 Å². The molecule has 2 N–H and O–H groups in total. The van der Waals surface area contributed by atoms with Crippen molar-refractivity contribution in [2.24, 2.45) is 5.92 Å². The number of aliphatic hydroxyl groups is 1. The van der Waals surface area contributed by atoms with Gasteiger partial charge in [-0.25, -0.2) is 0 Å². The Balaban J connectivity index is 1.21. The van der Waals surface area contributed by atoms with Gasteiger partial charge in [-0.1, -0.05) is 24.2 Å². The van der Waals surface area contributed by atoms with Gasteiger partial charge in [-0.15, -0.1) is 0 Å². The molecule has 7 heteroatoms. The van der Waals surface area contributed by atoms with Crippen LogP contribution in [0.1, 0.15) is 48.9 Å². The van der Waals surface area contributed by atoms with Crippen molar-refractivity contribution in [1.29, 1.82) is 0 Å². The zero-order chi connectivity index (χ0) is 18.4. The van der Waals surface area contributed by atoms with E-state index >= 15 is 0 Å². The predicted molar refractivity (Wildman–Crippen MR) is 97.4 cm³/mol. The summed E-state index contributed by atoms with van der Waals surface area (Å²) in [5.74, 6) is 3.49. The maximum absolute atomic E-state index is 10.5. The van der Waals surface area contributed by atoms with E-state index < -0.39 is 6.23 Å². The molecule has 3 aliphatic rings. The smallest absolute Gasteiger partial charge is 0.231 e. The van der Waals surface area contributed by atoms with Gasteiger partial charge in [0.1, 0.15) is 11.5 Å². The molecule has 3 atom stereocenters. The number of hydrogen-bond donors (Lipinski definition) is 2. The van der Waals surface area contributed by atoms with Crippen molar-refractivity contribution in [2.75, 3.05) is 19.9 Å². The molecule has 1 aromatic heterocycles. The molecule has 0 bridgehead atoms. The molecule has 27 heavy (non-hydrogen) atoms. The third kappa shape index (κ3) is 3.42. The number of nitrogens with zero attached hydrogens (tertiary/aromatic N) is 2. The topological polar surface area (TPSA) is 80.0 Å². The molecular weight excluding hydrogens is 346 g/mol. The second kappa shape index (κ2) is 6.82. The van der Waals surface area contributed by atoms with E-state index in [0.717, 1.165) is 55.3 Å². The van der Waals surface area contributed by atoms with Gasteiger partial charge in [0, 0.05) is 43.2 Å². The Labute approximate surface area is 158 Å². The van der Waals surface area contributed by atoms with Gasteiger partial charge in [0.05, 0.1) is 0 Å². The lowest BCUT2D eigenvalue weighted by Gasteiger charge is -2.20. The molecule has 3 heterocycles. The van der Waals surface area contributed by atoms with Crippen molar-refractivity contribution in [3.63, 3.8) is 0 Å². The first kappa shape index (κ1) is 17.0. The predicted octanol–water partition coefficient (Wildman–Crippen LogP) is 2.38. The van der Waals surface area contributed by atoms with E-state index in [1.807, 2.05) is 18.2 Å². The average molecular weight is 371 g/mol. The molecule has 1 aromatic carbocycles. The van der Waals surface area contributed by atoms with Crippen molar-refractivity contribution < 1.29 is 19.1 Å². The second-order valence-corrected chi connectivity index (χ2v) is 7.93. The first-order chi connectivity index (χ1) is 13.2. The number of aliphatic hydroxyl groups excluding tert-OH is 1. The summed E-state index contributed by atoms with van der Waals surface area (Å²) in [7, 11) is 0. The summed E-state index contributed by atoms with van der Waals surface area (Å²) >= 11 is 0. The van der Waals surface area contributed by atoms with Gasteiger partial charge < -0.3 is 19.1 Å². The number of rotatable bonds is 6. The van der Waals surface area contributed by atoms with E-state index in [1.165, 1.54) is 0 Å². The van der Waals surface area contributed by atoms with Gasteiger partial charge in [-0.2, -0.15) is 0 Å². The van der Waals surface area contributed by atoms with Gasteiger partial charge in [0.2, 0.25) is 6.79 Å². The highest BCUT2D eigenvalue weighted by Gasteiger charge is 2.33. The molecule has 1 saturated heterocycles. The van der Waals surface area contributed by atoms with Crippen molar-refractivity contribution in [2.45, 2.75) is 44.5 Å². The van der Waals surface area contributed by atoms with Crippen molar-refractivity contribution >= 4 is 0 Å². The minimum atomic E-state index is -0.800. The zero-order valence-corrected chi connectivity index (χ0v) is 15.4. The first-order valence-corrected chi connectivity index (χ1v) is 9.68. The molecule has 0 radical (unpaired) electrons. The number of para-hydroxylation sites is 1. The van der Waals surface area contributed by atoms with E-state index in [0.29, 0.717) is 24.3 Å². The highest BCUT2D eigenvalue weighted by Crippen LogP contribution is 2.40. The van der Waals surface area contributed by atoms with Gasteiger partial charge in [-0.3, -0.25) is 10.2 Å². The minimum absolute atomic E-state index is 0.190. The highest BCUT2D eigenvalue weighted by atomic mass is 16.7. The van der Waals surface area contributed by atoms with E-state index in [-0.39, 0.29) is 6.04 Å². The van der Waals surface area contributed by atoms with Crippen LogP contribution in [0.3, 0.4) is 0 Å². The Morgan fingerprint density at radius 1 is 1.30 bits per heavy atom. The van der Waals surface area contributed by atoms with Crippen molar-refractivity contribution in [3.8, 4) is 11.5 Å². The molecule has 7 nitrogen and oxygen atoms in total. The Morgan fingerprint density at radius 3 is 3.04 bits per heavy atom. The maximum Gasteiger partial charge on any atom is 0.231 e. The molecule has 0 spiro atoms. The molecular formula is C20H25N3O4. The van der Waals surface area contributed by atoms with Gasteiger partial charge in [-0.05, 0) is 24.8 Å². The Morgan fingerprint density at radius 2 is 2.19 bits per heavy atom. The molecule has 144 valence electrons. The molecule has 2 aliphatic heterocycles. The summed E-state index contributed by atoms with van der Waals surface area (Å²) in [5.41, 5.74) is 1.72. The molecule has 2 aromatic rings. The quantitative estimate of drug-likeness (QED) is 0.755. The highest BCUT2D eigenvalue weighted by molar-refractivity contribution is 5.48. The number of ether oxygens (including phenoxy) is 2. The minimum Gasteiger partial charge on any atom is -0.454 e. The summed E-state index contributed by atoms with van der Waals surface area (Å²) in [5, 5.41) is 17.9.